The third-order valence-electron chi connectivity index (χ3n) is 1.28. The molecule has 0 radical (unpaired) electrons. The normalized spacial score (nSPS) is 9.23. The lowest BCUT2D eigenvalue weighted by atomic mass is 10.5. The number of aromatic nitrogens is 1. The number of nitrogens with one attached hydrogen (secondary N) is 2. The highest BCUT2D eigenvalue weighted by atomic mass is 16.1. The average Bonchev–Trinajstić information content (AvgIpc) is 2.53. The zero-order chi connectivity index (χ0) is 9.68. The summed E-state index contributed by atoms with van der Waals surface area (Å²) in [4.78, 5) is 17.4. The molecule has 0 unspecified atom stereocenters. The molecule has 0 aromatic carbocycles. The van der Waals surface area contributed by atoms with Crippen molar-refractivity contribution < 1.29 is 4.79 Å². The molecule has 0 atom stereocenters. The van der Waals surface area contributed by atoms with Gasteiger partial charge >= 0.3 is 0 Å². The summed E-state index contributed by atoms with van der Waals surface area (Å²) in [5.41, 5.74) is 10.1. The van der Waals surface area contributed by atoms with Gasteiger partial charge in [0, 0.05) is 6.20 Å². The Morgan fingerprint density at radius 3 is 2.92 bits per heavy atom. The molecule has 70 valence electrons. The molecular weight excluding hydrogens is 170 g/mol. The van der Waals surface area contributed by atoms with Gasteiger partial charge in [-0.05, 0) is 12.1 Å². The molecule has 0 aliphatic carbocycles. The lowest BCUT2D eigenvalue weighted by molar-refractivity contribution is -0.114. The second kappa shape index (κ2) is 4.15. The minimum Gasteiger partial charge on any atom is -0.370 e. The van der Waals surface area contributed by atoms with E-state index in [4.69, 9.17) is 11.5 Å². The van der Waals surface area contributed by atoms with Crippen LogP contribution in [-0.4, -0.2) is 23.4 Å². The number of guanidine groups is 1. The molecule has 0 bridgehead atoms. The first-order valence-corrected chi connectivity index (χ1v) is 3.67. The van der Waals surface area contributed by atoms with Crippen molar-refractivity contribution in [1.29, 1.82) is 0 Å². The van der Waals surface area contributed by atoms with E-state index in [9.17, 15) is 4.79 Å². The molecule has 13 heavy (non-hydrogen) atoms. The van der Waals surface area contributed by atoms with Gasteiger partial charge in [0.1, 0.15) is 12.4 Å². The molecule has 1 aromatic heterocycles. The smallest absolute Gasteiger partial charge is 0.247 e. The zero-order valence-corrected chi connectivity index (χ0v) is 6.95. The van der Waals surface area contributed by atoms with Crippen LogP contribution in [0.3, 0.4) is 0 Å². The van der Waals surface area contributed by atoms with Gasteiger partial charge < -0.3 is 21.8 Å². The Labute approximate surface area is 75.0 Å². The summed E-state index contributed by atoms with van der Waals surface area (Å²) >= 11 is 0. The Morgan fingerprint density at radius 1 is 1.62 bits per heavy atom. The van der Waals surface area contributed by atoms with Crippen molar-refractivity contribution in [3.05, 3.63) is 18.3 Å². The number of hydrogen-bond acceptors (Lipinski definition) is 2. The largest absolute Gasteiger partial charge is 0.370 e. The number of nitrogens with two attached hydrogens (primary N) is 2. The predicted octanol–water partition coefficient (Wildman–Crippen LogP) is -0.773. The third kappa shape index (κ3) is 3.28. The highest BCUT2D eigenvalue weighted by molar-refractivity contribution is 5.92. The van der Waals surface area contributed by atoms with Gasteiger partial charge in [0.15, 0.2) is 5.96 Å². The molecule has 6 nitrogen and oxygen atoms in total. The van der Waals surface area contributed by atoms with Crippen LogP contribution in [0.1, 0.15) is 0 Å². The van der Waals surface area contributed by atoms with E-state index in [1.54, 1.807) is 18.3 Å². The van der Waals surface area contributed by atoms with Crippen LogP contribution in [0, 0.1) is 0 Å². The molecule has 6 N–H and O–H groups in total. The number of aliphatic imine (C=N–C) groups is 1. The molecule has 0 saturated carbocycles. The van der Waals surface area contributed by atoms with Gasteiger partial charge in [0.25, 0.3) is 0 Å². The zero-order valence-electron chi connectivity index (χ0n) is 6.95. The fourth-order valence-corrected chi connectivity index (χ4v) is 0.761. The molecule has 0 fully saturated rings. The minimum absolute atomic E-state index is 0.0681. The van der Waals surface area contributed by atoms with Crippen LogP contribution in [0.25, 0.3) is 0 Å². The SMILES string of the molecule is NC(N)=NCC(=O)Nc1ccc[nH]1. The van der Waals surface area contributed by atoms with Gasteiger partial charge in [0.2, 0.25) is 5.91 Å². The van der Waals surface area contributed by atoms with E-state index < -0.39 is 0 Å². The number of nitrogens with zero attached hydrogens (tertiary/aromatic N) is 1. The Hall–Kier alpha value is -1.98. The van der Waals surface area contributed by atoms with Crippen molar-refractivity contribution in [2.75, 3.05) is 11.9 Å². The van der Waals surface area contributed by atoms with Gasteiger partial charge in [-0.15, -0.1) is 0 Å². The predicted molar refractivity (Wildman–Crippen MR) is 50.1 cm³/mol. The molecule has 0 aliphatic heterocycles. The maximum absolute atomic E-state index is 11.1. The van der Waals surface area contributed by atoms with Gasteiger partial charge in [-0.2, -0.15) is 0 Å². The number of hydrogen-bond donors (Lipinski definition) is 4. The van der Waals surface area contributed by atoms with Gasteiger partial charge in [-0.3, -0.25) is 4.79 Å². The van der Waals surface area contributed by atoms with Crippen LogP contribution in [0.2, 0.25) is 0 Å². The summed E-state index contributed by atoms with van der Waals surface area (Å²) < 4.78 is 0. The first kappa shape index (κ1) is 9.11. The monoisotopic (exact) mass is 181 g/mol. The molecule has 0 saturated heterocycles. The van der Waals surface area contributed by atoms with Crippen molar-refractivity contribution in [2.45, 2.75) is 0 Å². The summed E-state index contributed by atoms with van der Waals surface area (Å²) in [5, 5.41) is 2.56. The third-order valence-corrected chi connectivity index (χ3v) is 1.28. The second-order valence-electron chi connectivity index (χ2n) is 2.37. The van der Waals surface area contributed by atoms with E-state index in [1.165, 1.54) is 0 Å². The van der Waals surface area contributed by atoms with Crippen LogP contribution >= 0.6 is 0 Å². The number of aromatic amines is 1. The standard InChI is InChI=1S/C7H11N5O/c8-7(9)11-4-6(13)12-5-2-1-3-10-5/h1-3,10H,4H2,(H,12,13)(H4,8,9,11). The van der Waals surface area contributed by atoms with Crippen molar-refractivity contribution in [3.63, 3.8) is 0 Å². The maximum atomic E-state index is 11.1. The summed E-state index contributed by atoms with van der Waals surface area (Å²) in [7, 11) is 0. The van der Waals surface area contributed by atoms with Crippen LogP contribution in [0.15, 0.2) is 23.3 Å². The number of amides is 1. The molecule has 0 spiro atoms. The van der Waals surface area contributed by atoms with E-state index in [2.05, 4.69) is 15.3 Å². The van der Waals surface area contributed by atoms with E-state index in [1.807, 2.05) is 0 Å². The number of carbonyl (C=O) groups excluding carboxylic acids is 1. The number of anilines is 1. The highest BCUT2D eigenvalue weighted by Gasteiger charge is 2.00. The summed E-state index contributed by atoms with van der Waals surface area (Å²) in [6.45, 7) is -0.0681. The van der Waals surface area contributed by atoms with Crippen LogP contribution < -0.4 is 16.8 Å². The van der Waals surface area contributed by atoms with Crippen LogP contribution in [-0.2, 0) is 4.79 Å². The first-order chi connectivity index (χ1) is 6.18. The van der Waals surface area contributed by atoms with Gasteiger partial charge in [-0.25, -0.2) is 4.99 Å². The minimum atomic E-state index is -0.268. The van der Waals surface area contributed by atoms with E-state index in [0.29, 0.717) is 5.82 Å². The molecule has 6 heteroatoms. The van der Waals surface area contributed by atoms with Gasteiger partial charge in [-0.1, -0.05) is 0 Å². The van der Waals surface area contributed by atoms with E-state index in [-0.39, 0.29) is 18.4 Å². The van der Waals surface area contributed by atoms with Crippen LogP contribution in [0.5, 0.6) is 0 Å². The van der Waals surface area contributed by atoms with Crippen molar-refractivity contribution >= 4 is 17.7 Å². The summed E-state index contributed by atoms with van der Waals surface area (Å²) in [5.74, 6) is 0.258. The lowest BCUT2D eigenvalue weighted by Gasteiger charge is -1.98. The molecular formula is C7H11N5O. The molecule has 1 rings (SSSR count). The maximum Gasteiger partial charge on any atom is 0.247 e. The Kier molecular flexibility index (Phi) is 2.91. The Balaban J connectivity index is 2.39. The van der Waals surface area contributed by atoms with Crippen molar-refractivity contribution in [3.8, 4) is 0 Å². The molecule has 0 aliphatic rings. The van der Waals surface area contributed by atoms with Gasteiger partial charge in [0.05, 0.1) is 0 Å². The second-order valence-corrected chi connectivity index (χ2v) is 2.37. The molecule has 1 aromatic rings. The quantitative estimate of drug-likeness (QED) is 0.363. The Morgan fingerprint density at radius 2 is 2.38 bits per heavy atom. The Bertz CT molecular complexity index is 299. The number of H-pyrrole nitrogens is 1. The molecule has 1 heterocycles. The highest BCUT2D eigenvalue weighted by Crippen LogP contribution is 1.99. The average molecular weight is 181 g/mol. The topological polar surface area (TPSA) is 109 Å². The first-order valence-electron chi connectivity index (χ1n) is 3.67. The number of carbonyl (C=O) groups is 1. The van der Waals surface area contributed by atoms with Crippen LogP contribution in [0.4, 0.5) is 5.82 Å². The fourth-order valence-electron chi connectivity index (χ4n) is 0.761. The fraction of sp³-hybridized carbons (Fsp3) is 0.143. The number of rotatable bonds is 3. The van der Waals surface area contributed by atoms with Crippen molar-refractivity contribution in [2.24, 2.45) is 16.5 Å². The summed E-state index contributed by atoms with van der Waals surface area (Å²) in [6, 6.07) is 3.50. The molecule has 1 amide bonds. The van der Waals surface area contributed by atoms with E-state index in [0.717, 1.165) is 0 Å². The summed E-state index contributed by atoms with van der Waals surface area (Å²) in [6.07, 6.45) is 1.70. The lowest BCUT2D eigenvalue weighted by Crippen LogP contribution is -2.25. The van der Waals surface area contributed by atoms with Crippen molar-refractivity contribution in [1.82, 2.24) is 4.98 Å². The van der Waals surface area contributed by atoms with E-state index >= 15 is 0 Å².